The van der Waals surface area contributed by atoms with Crippen LogP contribution in [0.3, 0.4) is 0 Å². The van der Waals surface area contributed by atoms with E-state index in [1.165, 1.54) is 11.8 Å². The van der Waals surface area contributed by atoms with Crippen LogP contribution in [0.5, 0.6) is 5.75 Å². The first-order valence-electron chi connectivity index (χ1n) is 12.3. The molecule has 1 heterocycles. The second-order valence-corrected chi connectivity index (χ2v) is 10.1. The molecule has 1 atom stereocenters. The molecule has 0 spiro atoms. The van der Waals surface area contributed by atoms with E-state index in [-0.39, 0.29) is 11.6 Å². The zero-order valence-electron chi connectivity index (χ0n) is 22.1. The van der Waals surface area contributed by atoms with Crippen LogP contribution in [0.4, 0.5) is 11.5 Å². The number of ether oxygens (including phenoxy) is 1. The van der Waals surface area contributed by atoms with E-state index in [0.29, 0.717) is 34.1 Å². The van der Waals surface area contributed by atoms with E-state index in [1.807, 2.05) is 12.1 Å². The Morgan fingerprint density at radius 2 is 1.70 bits per heavy atom. The fourth-order valence-corrected chi connectivity index (χ4v) is 4.49. The number of carbonyl (C=O) groups excluding carboxylic acids is 3. The van der Waals surface area contributed by atoms with Crippen LogP contribution in [0.1, 0.15) is 28.6 Å². The average molecular weight is 557 g/mol. The first-order chi connectivity index (χ1) is 19.3. The number of thioether (sulfide) groups is 1. The molecule has 4 aromatic rings. The fraction of sp³-hybridized carbons (Fsp3) is 0.133. The third-order valence-electron chi connectivity index (χ3n) is 5.61. The standard InChI is InChI=1S/C30H28N4O5S/c1-19-16-27(34-39-19)33-28(35)20(2)40-25-11-7-10-23(18-25)31-30(37)26(17-21-12-14-24(38-3)15-13-21)32-29(36)22-8-5-4-6-9-22/h4-18,20H,1-3H3,(H,31,37)(H,32,36)(H,33,34,35)/b26-17+. The van der Waals surface area contributed by atoms with Crippen molar-refractivity contribution in [2.45, 2.75) is 24.0 Å². The molecule has 40 heavy (non-hydrogen) atoms. The van der Waals surface area contributed by atoms with Crippen molar-refractivity contribution in [1.82, 2.24) is 10.5 Å². The maximum atomic E-state index is 13.3. The summed E-state index contributed by atoms with van der Waals surface area (Å²) in [6, 6.07) is 24.5. The number of carbonyl (C=O) groups is 3. The third-order valence-corrected chi connectivity index (χ3v) is 6.70. The molecule has 4 rings (SSSR count). The van der Waals surface area contributed by atoms with Crippen molar-refractivity contribution < 1.29 is 23.6 Å². The van der Waals surface area contributed by atoms with Gasteiger partial charge in [0, 0.05) is 22.2 Å². The molecule has 0 radical (unpaired) electrons. The van der Waals surface area contributed by atoms with Gasteiger partial charge in [0.25, 0.3) is 11.8 Å². The zero-order valence-corrected chi connectivity index (χ0v) is 23.0. The van der Waals surface area contributed by atoms with Gasteiger partial charge in [0.15, 0.2) is 5.82 Å². The molecule has 0 saturated heterocycles. The molecule has 0 aliphatic carbocycles. The van der Waals surface area contributed by atoms with E-state index < -0.39 is 17.1 Å². The highest BCUT2D eigenvalue weighted by Crippen LogP contribution is 2.27. The number of aryl methyl sites for hydroxylation is 1. The monoisotopic (exact) mass is 556 g/mol. The summed E-state index contributed by atoms with van der Waals surface area (Å²) in [5.41, 5.74) is 1.69. The summed E-state index contributed by atoms with van der Waals surface area (Å²) in [4.78, 5) is 39.6. The van der Waals surface area contributed by atoms with E-state index in [9.17, 15) is 14.4 Å². The van der Waals surface area contributed by atoms with Gasteiger partial charge in [0.05, 0.1) is 12.4 Å². The van der Waals surface area contributed by atoms with Crippen molar-refractivity contribution in [3.8, 4) is 5.75 Å². The molecule has 0 bridgehead atoms. The van der Waals surface area contributed by atoms with Crippen LogP contribution in [-0.4, -0.2) is 35.2 Å². The van der Waals surface area contributed by atoms with Crippen molar-refractivity contribution in [3.63, 3.8) is 0 Å². The summed E-state index contributed by atoms with van der Waals surface area (Å²) in [7, 11) is 1.57. The second-order valence-electron chi connectivity index (χ2n) is 8.71. The Morgan fingerprint density at radius 1 is 0.950 bits per heavy atom. The lowest BCUT2D eigenvalue weighted by atomic mass is 10.1. The molecule has 1 unspecified atom stereocenters. The van der Waals surface area contributed by atoms with Crippen LogP contribution in [0.2, 0.25) is 0 Å². The lowest BCUT2D eigenvalue weighted by Crippen LogP contribution is -2.30. The topological polar surface area (TPSA) is 123 Å². The van der Waals surface area contributed by atoms with Crippen LogP contribution >= 0.6 is 11.8 Å². The summed E-state index contributed by atoms with van der Waals surface area (Å²) in [5, 5.41) is 11.6. The largest absolute Gasteiger partial charge is 0.497 e. The number of hydrogen-bond donors (Lipinski definition) is 3. The number of hydrogen-bond acceptors (Lipinski definition) is 7. The Hall–Kier alpha value is -4.83. The molecule has 0 saturated carbocycles. The fourth-order valence-electron chi connectivity index (χ4n) is 3.57. The normalized spacial score (nSPS) is 11.8. The second kappa shape index (κ2) is 13.3. The molecular weight excluding hydrogens is 528 g/mol. The quantitative estimate of drug-likeness (QED) is 0.174. The zero-order chi connectivity index (χ0) is 28.5. The average Bonchev–Trinajstić information content (AvgIpc) is 3.37. The van der Waals surface area contributed by atoms with Crippen molar-refractivity contribution >= 4 is 47.1 Å². The Morgan fingerprint density at radius 3 is 2.38 bits per heavy atom. The van der Waals surface area contributed by atoms with Gasteiger partial charge in [-0.1, -0.05) is 41.6 Å². The highest BCUT2D eigenvalue weighted by Gasteiger charge is 2.18. The van der Waals surface area contributed by atoms with Gasteiger partial charge in [0.1, 0.15) is 17.2 Å². The van der Waals surface area contributed by atoms with Gasteiger partial charge in [0.2, 0.25) is 5.91 Å². The molecule has 3 amide bonds. The van der Waals surface area contributed by atoms with E-state index >= 15 is 0 Å². The van der Waals surface area contributed by atoms with Crippen LogP contribution in [0.25, 0.3) is 6.08 Å². The number of nitrogens with zero attached hydrogens (tertiary/aromatic N) is 1. The van der Waals surface area contributed by atoms with Crippen LogP contribution in [-0.2, 0) is 9.59 Å². The van der Waals surface area contributed by atoms with Crippen molar-refractivity contribution in [1.29, 1.82) is 0 Å². The summed E-state index contributed by atoms with van der Waals surface area (Å²) in [6.07, 6.45) is 1.59. The molecule has 10 heteroatoms. The van der Waals surface area contributed by atoms with Gasteiger partial charge in [-0.2, -0.15) is 0 Å². The lowest BCUT2D eigenvalue weighted by Gasteiger charge is -2.13. The molecule has 3 aromatic carbocycles. The van der Waals surface area contributed by atoms with Gasteiger partial charge >= 0.3 is 0 Å². The van der Waals surface area contributed by atoms with Crippen LogP contribution < -0.4 is 20.7 Å². The van der Waals surface area contributed by atoms with E-state index in [2.05, 4.69) is 21.1 Å². The minimum Gasteiger partial charge on any atom is -0.497 e. The Kier molecular flexibility index (Phi) is 9.37. The molecule has 1 aromatic heterocycles. The number of aromatic nitrogens is 1. The Balaban J connectivity index is 1.48. The van der Waals surface area contributed by atoms with Crippen molar-refractivity contribution in [2.75, 3.05) is 17.7 Å². The van der Waals surface area contributed by atoms with E-state index in [0.717, 1.165) is 4.90 Å². The van der Waals surface area contributed by atoms with Crippen molar-refractivity contribution in [2.24, 2.45) is 0 Å². The van der Waals surface area contributed by atoms with Crippen LogP contribution in [0, 0.1) is 6.92 Å². The maximum Gasteiger partial charge on any atom is 0.272 e. The number of benzene rings is 3. The molecule has 204 valence electrons. The molecule has 0 aliphatic heterocycles. The van der Waals surface area contributed by atoms with Gasteiger partial charge in [-0.3, -0.25) is 14.4 Å². The molecule has 9 nitrogen and oxygen atoms in total. The summed E-state index contributed by atoms with van der Waals surface area (Å²) >= 11 is 1.32. The smallest absolute Gasteiger partial charge is 0.272 e. The SMILES string of the molecule is COc1ccc(/C=C(/NC(=O)c2ccccc2)C(=O)Nc2cccc(SC(C)C(=O)Nc3cc(C)on3)c2)cc1. The molecule has 0 fully saturated rings. The first-order valence-corrected chi connectivity index (χ1v) is 13.2. The molecule has 0 aliphatic rings. The number of rotatable bonds is 10. The van der Waals surface area contributed by atoms with E-state index in [1.54, 1.807) is 99.8 Å². The van der Waals surface area contributed by atoms with Gasteiger partial charge in [-0.15, -0.1) is 11.8 Å². The number of nitrogens with one attached hydrogen (secondary N) is 3. The number of amides is 3. The van der Waals surface area contributed by atoms with Gasteiger partial charge < -0.3 is 25.2 Å². The Bertz CT molecular complexity index is 1520. The predicted octanol–water partition coefficient (Wildman–Crippen LogP) is 5.52. The lowest BCUT2D eigenvalue weighted by molar-refractivity contribution is -0.115. The van der Waals surface area contributed by atoms with Gasteiger partial charge in [-0.05, 0) is 68.0 Å². The highest BCUT2D eigenvalue weighted by molar-refractivity contribution is 8.00. The molecular formula is C30H28N4O5S. The summed E-state index contributed by atoms with van der Waals surface area (Å²) in [5.74, 6) is 0.464. The third kappa shape index (κ3) is 7.84. The van der Waals surface area contributed by atoms with E-state index in [4.69, 9.17) is 9.26 Å². The summed E-state index contributed by atoms with van der Waals surface area (Å²) < 4.78 is 10.2. The minimum atomic E-state index is -0.505. The summed E-state index contributed by atoms with van der Waals surface area (Å²) in [6.45, 7) is 3.51. The number of methoxy groups -OCH3 is 1. The first kappa shape index (κ1) is 28.2. The van der Waals surface area contributed by atoms with Crippen molar-refractivity contribution in [3.05, 3.63) is 108 Å². The van der Waals surface area contributed by atoms with Crippen LogP contribution in [0.15, 0.2) is 100 Å². The minimum absolute atomic E-state index is 0.0627. The van der Waals surface area contributed by atoms with Gasteiger partial charge in [-0.25, -0.2) is 0 Å². The predicted molar refractivity (Wildman–Crippen MR) is 155 cm³/mol. The number of anilines is 2. The molecule has 3 N–H and O–H groups in total. The maximum absolute atomic E-state index is 13.3. The highest BCUT2D eigenvalue weighted by atomic mass is 32.2. The Labute approximate surface area is 236 Å².